The third-order valence-electron chi connectivity index (χ3n) is 3.79. The lowest BCUT2D eigenvalue weighted by Gasteiger charge is -2.20. The average Bonchev–Trinajstić information content (AvgIpc) is 2.60. The van der Waals surface area contributed by atoms with Gasteiger partial charge in [0.25, 0.3) is 0 Å². The second kappa shape index (κ2) is 7.17. The standard InChI is InChI=1S/C19H15ClN2O2S/c1-22(11-18(23)24)19(25)15-10-17(12-5-3-2-4-6-12)21-16-8-7-13(20)9-14(15)16/h2-10H,11H2,1H3,(H,23,24). The first-order valence-electron chi connectivity index (χ1n) is 7.58. The molecule has 0 spiro atoms. The lowest BCUT2D eigenvalue weighted by molar-refractivity contribution is -0.137. The van der Waals surface area contributed by atoms with Gasteiger partial charge in [0.2, 0.25) is 0 Å². The molecule has 0 unspecified atom stereocenters. The Bertz CT molecular complexity index is 960. The van der Waals surface area contributed by atoms with Gasteiger partial charge in [-0.2, -0.15) is 0 Å². The number of nitrogens with zero attached hydrogens (tertiary/aromatic N) is 2. The number of thiocarbonyl (C=S) groups is 1. The Hall–Kier alpha value is -2.50. The molecular formula is C19H15ClN2O2S. The lowest BCUT2D eigenvalue weighted by atomic mass is 10.0. The Morgan fingerprint density at radius 2 is 1.92 bits per heavy atom. The molecule has 4 nitrogen and oxygen atoms in total. The molecule has 0 saturated heterocycles. The van der Waals surface area contributed by atoms with Gasteiger partial charge < -0.3 is 10.0 Å². The summed E-state index contributed by atoms with van der Waals surface area (Å²) < 4.78 is 0. The highest BCUT2D eigenvalue weighted by molar-refractivity contribution is 7.80. The summed E-state index contributed by atoms with van der Waals surface area (Å²) in [5.41, 5.74) is 3.23. The number of carboxylic acids is 1. The van der Waals surface area contributed by atoms with Gasteiger partial charge in [-0.05, 0) is 24.3 Å². The van der Waals surface area contributed by atoms with Crippen LogP contribution in [-0.2, 0) is 4.79 Å². The van der Waals surface area contributed by atoms with Crippen LogP contribution >= 0.6 is 23.8 Å². The number of hydrogen-bond acceptors (Lipinski definition) is 3. The lowest BCUT2D eigenvalue weighted by Crippen LogP contribution is -2.31. The summed E-state index contributed by atoms with van der Waals surface area (Å²) in [5.74, 6) is -0.940. The van der Waals surface area contributed by atoms with Crippen LogP contribution in [0.25, 0.3) is 22.2 Å². The van der Waals surface area contributed by atoms with E-state index in [0.717, 1.165) is 27.7 Å². The summed E-state index contributed by atoms with van der Waals surface area (Å²) in [6, 6.07) is 17.1. The molecule has 1 aromatic heterocycles. The molecule has 0 aliphatic carbocycles. The molecule has 1 heterocycles. The van der Waals surface area contributed by atoms with E-state index in [1.54, 1.807) is 19.2 Å². The van der Waals surface area contributed by atoms with E-state index >= 15 is 0 Å². The fourth-order valence-corrected chi connectivity index (χ4v) is 3.02. The van der Waals surface area contributed by atoms with Crippen molar-refractivity contribution in [3.05, 3.63) is 65.2 Å². The monoisotopic (exact) mass is 370 g/mol. The van der Waals surface area contributed by atoms with E-state index in [9.17, 15) is 4.79 Å². The first-order valence-corrected chi connectivity index (χ1v) is 8.37. The highest BCUT2D eigenvalue weighted by Crippen LogP contribution is 2.28. The van der Waals surface area contributed by atoms with Crippen LogP contribution < -0.4 is 0 Å². The number of carbonyl (C=O) groups is 1. The molecule has 0 atom stereocenters. The molecule has 3 aromatic rings. The normalized spacial score (nSPS) is 10.6. The summed E-state index contributed by atoms with van der Waals surface area (Å²) in [4.78, 5) is 17.7. The number of aliphatic carboxylic acids is 1. The smallest absolute Gasteiger partial charge is 0.323 e. The summed E-state index contributed by atoms with van der Waals surface area (Å²) in [6.07, 6.45) is 0. The van der Waals surface area contributed by atoms with E-state index < -0.39 is 5.97 Å². The Morgan fingerprint density at radius 1 is 1.20 bits per heavy atom. The quantitative estimate of drug-likeness (QED) is 0.696. The molecule has 0 bridgehead atoms. The van der Waals surface area contributed by atoms with Gasteiger partial charge in [-0.1, -0.05) is 54.2 Å². The number of carboxylic acid groups (broad SMARTS) is 1. The molecule has 0 fully saturated rings. The fraction of sp³-hybridized carbons (Fsp3) is 0.105. The molecule has 126 valence electrons. The maximum atomic E-state index is 11.0. The molecule has 0 amide bonds. The van der Waals surface area contributed by atoms with Crippen molar-refractivity contribution in [2.45, 2.75) is 0 Å². The SMILES string of the molecule is CN(CC(=O)O)C(=S)c1cc(-c2ccccc2)nc2ccc(Cl)cc12. The van der Waals surface area contributed by atoms with E-state index in [2.05, 4.69) is 0 Å². The van der Waals surface area contributed by atoms with Crippen molar-refractivity contribution in [2.75, 3.05) is 13.6 Å². The Labute approximate surface area is 155 Å². The number of fused-ring (bicyclic) bond motifs is 1. The molecule has 2 aromatic carbocycles. The van der Waals surface area contributed by atoms with Crippen LogP contribution in [0.2, 0.25) is 5.02 Å². The maximum absolute atomic E-state index is 11.0. The second-order valence-electron chi connectivity index (χ2n) is 5.64. The molecular weight excluding hydrogens is 356 g/mol. The van der Waals surface area contributed by atoms with Crippen molar-refractivity contribution in [1.29, 1.82) is 0 Å². The summed E-state index contributed by atoms with van der Waals surface area (Å²) in [7, 11) is 1.66. The van der Waals surface area contributed by atoms with Crippen LogP contribution in [0.4, 0.5) is 0 Å². The largest absolute Gasteiger partial charge is 0.480 e. The number of benzene rings is 2. The zero-order valence-corrected chi connectivity index (χ0v) is 15.0. The fourth-order valence-electron chi connectivity index (χ4n) is 2.61. The van der Waals surface area contributed by atoms with Gasteiger partial charge in [-0.15, -0.1) is 0 Å². The first kappa shape index (κ1) is 17.3. The predicted molar refractivity (Wildman–Crippen MR) is 104 cm³/mol. The van der Waals surface area contributed by atoms with Crippen molar-refractivity contribution in [3.63, 3.8) is 0 Å². The topological polar surface area (TPSA) is 53.4 Å². The zero-order valence-electron chi connectivity index (χ0n) is 13.4. The van der Waals surface area contributed by atoms with Gasteiger partial charge in [0.15, 0.2) is 0 Å². The van der Waals surface area contributed by atoms with Gasteiger partial charge >= 0.3 is 5.97 Å². The minimum Gasteiger partial charge on any atom is -0.480 e. The van der Waals surface area contributed by atoms with Crippen LogP contribution in [0.15, 0.2) is 54.6 Å². The van der Waals surface area contributed by atoms with Crippen LogP contribution in [0, 0.1) is 0 Å². The van der Waals surface area contributed by atoms with Crippen LogP contribution in [-0.4, -0.2) is 39.5 Å². The van der Waals surface area contributed by atoms with Gasteiger partial charge in [0.1, 0.15) is 11.5 Å². The van der Waals surface area contributed by atoms with Crippen molar-refractivity contribution >= 4 is 45.7 Å². The van der Waals surface area contributed by atoms with Crippen molar-refractivity contribution < 1.29 is 9.90 Å². The van der Waals surface area contributed by atoms with Crippen LogP contribution in [0.3, 0.4) is 0 Å². The highest BCUT2D eigenvalue weighted by atomic mass is 35.5. The number of halogens is 1. The Balaban J connectivity index is 2.19. The van der Waals surface area contributed by atoms with Crippen molar-refractivity contribution in [1.82, 2.24) is 9.88 Å². The van der Waals surface area contributed by atoms with Gasteiger partial charge in [0, 0.05) is 28.6 Å². The molecule has 6 heteroatoms. The molecule has 1 N–H and O–H groups in total. The minimum atomic E-state index is -0.940. The third kappa shape index (κ3) is 3.78. The number of hydrogen-bond donors (Lipinski definition) is 1. The molecule has 0 radical (unpaired) electrons. The van der Waals surface area contributed by atoms with Gasteiger partial charge in [0.05, 0.1) is 11.2 Å². The Morgan fingerprint density at radius 3 is 2.60 bits per heavy atom. The first-order chi connectivity index (χ1) is 12.0. The van der Waals surface area contributed by atoms with Gasteiger partial charge in [-0.25, -0.2) is 4.98 Å². The van der Waals surface area contributed by atoms with Crippen molar-refractivity contribution in [3.8, 4) is 11.3 Å². The van der Waals surface area contributed by atoms with Crippen molar-refractivity contribution in [2.24, 2.45) is 0 Å². The maximum Gasteiger partial charge on any atom is 0.323 e. The van der Waals surface area contributed by atoms with Crippen LogP contribution in [0.5, 0.6) is 0 Å². The minimum absolute atomic E-state index is 0.177. The van der Waals surface area contributed by atoms with E-state index in [1.165, 1.54) is 4.90 Å². The summed E-state index contributed by atoms with van der Waals surface area (Å²) in [6.45, 7) is -0.177. The molecule has 25 heavy (non-hydrogen) atoms. The van der Waals surface area contributed by atoms with E-state index in [1.807, 2.05) is 42.5 Å². The molecule has 0 aliphatic heterocycles. The predicted octanol–water partition coefficient (Wildman–Crippen LogP) is 4.25. The molecule has 0 aliphatic rings. The number of likely N-dealkylation sites (N-methyl/N-ethyl adjacent to an activating group) is 1. The summed E-state index contributed by atoms with van der Waals surface area (Å²) in [5, 5.41) is 10.4. The van der Waals surface area contributed by atoms with E-state index in [4.69, 9.17) is 33.9 Å². The van der Waals surface area contributed by atoms with Crippen LogP contribution in [0.1, 0.15) is 5.56 Å². The third-order valence-corrected chi connectivity index (χ3v) is 4.56. The number of aromatic nitrogens is 1. The zero-order chi connectivity index (χ0) is 18.0. The van der Waals surface area contributed by atoms with E-state index in [-0.39, 0.29) is 6.54 Å². The summed E-state index contributed by atoms with van der Waals surface area (Å²) >= 11 is 11.7. The van der Waals surface area contributed by atoms with Gasteiger partial charge in [-0.3, -0.25) is 4.79 Å². The average molecular weight is 371 g/mol. The molecule has 0 saturated carbocycles. The second-order valence-corrected chi connectivity index (χ2v) is 6.46. The number of pyridine rings is 1. The molecule has 3 rings (SSSR count). The Kier molecular flexibility index (Phi) is 4.97. The highest BCUT2D eigenvalue weighted by Gasteiger charge is 2.16. The van der Waals surface area contributed by atoms with E-state index in [0.29, 0.717) is 10.0 Å². The number of rotatable bonds is 4.